The van der Waals surface area contributed by atoms with Gasteiger partial charge in [0.25, 0.3) is 0 Å². The van der Waals surface area contributed by atoms with E-state index in [1.54, 1.807) is 53.4 Å². The summed E-state index contributed by atoms with van der Waals surface area (Å²) in [6, 6.07) is 11.4. The molecule has 0 saturated heterocycles. The summed E-state index contributed by atoms with van der Waals surface area (Å²) in [6.45, 7) is 1.94. The van der Waals surface area contributed by atoms with Gasteiger partial charge in [-0.2, -0.15) is 0 Å². The number of carbonyl (C=O) groups is 1. The topological polar surface area (TPSA) is 68.0 Å². The van der Waals surface area contributed by atoms with Gasteiger partial charge in [0.05, 0.1) is 11.1 Å². The summed E-state index contributed by atoms with van der Waals surface area (Å²) in [4.78, 5) is 19.9. The van der Waals surface area contributed by atoms with Crippen molar-refractivity contribution >= 4 is 16.9 Å². The van der Waals surface area contributed by atoms with Crippen molar-refractivity contribution in [1.82, 2.24) is 14.5 Å². The fraction of sp³-hybridized carbons (Fsp3) is 0.0500. The summed E-state index contributed by atoms with van der Waals surface area (Å²) in [6.07, 6.45) is 4.97. The molecular formula is C20H14FN3O2. The van der Waals surface area contributed by atoms with Crippen molar-refractivity contribution in [3.63, 3.8) is 0 Å². The number of aryl methyl sites for hydroxylation is 1. The Morgan fingerprint density at radius 1 is 1.12 bits per heavy atom. The average Bonchev–Trinajstić information content (AvgIpc) is 2.98. The summed E-state index contributed by atoms with van der Waals surface area (Å²) in [7, 11) is 0. The van der Waals surface area contributed by atoms with Crippen LogP contribution < -0.4 is 0 Å². The van der Waals surface area contributed by atoms with Crippen molar-refractivity contribution in [1.29, 1.82) is 0 Å². The van der Waals surface area contributed by atoms with Crippen LogP contribution in [0.1, 0.15) is 15.9 Å². The van der Waals surface area contributed by atoms with Crippen molar-refractivity contribution in [2.75, 3.05) is 0 Å². The molecule has 1 N–H and O–H groups in total. The second kappa shape index (κ2) is 6.07. The first kappa shape index (κ1) is 16.0. The molecule has 0 spiro atoms. The van der Waals surface area contributed by atoms with E-state index in [0.29, 0.717) is 22.6 Å². The summed E-state index contributed by atoms with van der Waals surface area (Å²) in [5, 5.41) is 10.2. The number of hydrogen-bond acceptors (Lipinski definition) is 3. The lowest BCUT2D eigenvalue weighted by Gasteiger charge is -2.06. The molecule has 6 heteroatoms. The Morgan fingerprint density at radius 3 is 2.54 bits per heavy atom. The zero-order valence-corrected chi connectivity index (χ0v) is 13.8. The molecule has 0 aliphatic rings. The minimum Gasteiger partial charge on any atom is -0.478 e. The van der Waals surface area contributed by atoms with E-state index in [9.17, 15) is 14.3 Å². The number of fused-ring (bicyclic) bond motifs is 1. The normalized spacial score (nSPS) is 11.0. The van der Waals surface area contributed by atoms with Crippen molar-refractivity contribution in [3.8, 4) is 17.1 Å². The molecule has 0 aliphatic carbocycles. The number of nitrogens with zero attached hydrogens (tertiary/aromatic N) is 3. The van der Waals surface area contributed by atoms with E-state index in [-0.39, 0.29) is 11.4 Å². The average molecular weight is 347 g/mol. The molecule has 0 unspecified atom stereocenters. The van der Waals surface area contributed by atoms with E-state index in [1.807, 2.05) is 13.1 Å². The molecule has 2 aromatic carbocycles. The number of aromatic carboxylic acids is 1. The van der Waals surface area contributed by atoms with Crippen molar-refractivity contribution < 1.29 is 14.3 Å². The second-order valence-corrected chi connectivity index (χ2v) is 5.97. The number of carboxylic acids is 1. The molecule has 128 valence electrons. The summed E-state index contributed by atoms with van der Waals surface area (Å²) >= 11 is 0. The van der Waals surface area contributed by atoms with Crippen LogP contribution in [0.2, 0.25) is 0 Å². The van der Waals surface area contributed by atoms with Gasteiger partial charge in [-0.15, -0.1) is 0 Å². The van der Waals surface area contributed by atoms with Crippen molar-refractivity contribution in [2.24, 2.45) is 0 Å². The largest absolute Gasteiger partial charge is 0.478 e. The monoisotopic (exact) mass is 347 g/mol. The van der Waals surface area contributed by atoms with Crippen LogP contribution in [0.15, 0.2) is 61.1 Å². The highest BCUT2D eigenvalue weighted by molar-refractivity contribution is 5.95. The van der Waals surface area contributed by atoms with Crippen molar-refractivity contribution in [2.45, 2.75) is 6.92 Å². The number of benzene rings is 2. The quantitative estimate of drug-likeness (QED) is 0.602. The Labute approximate surface area is 148 Å². The molecule has 0 saturated carbocycles. The second-order valence-electron chi connectivity index (χ2n) is 5.97. The molecule has 2 heterocycles. The van der Waals surface area contributed by atoms with Gasteiger partial charge in [-0.05, 0) is 30.7 Å². The Morgan fingerprint density at radius 2 is 1.85 bits per heavy atom. The first-order valence-electron chi connectivity index (χ1n) is 7.97. The fourth-order valence-corrected chi connectivity index (χ4v) is 2.98. The maximum absolute atomic E-state index is 13.9. The third-order valence-electron chi connectivity index (χ3n) is 4.29. The predicted octanol–water partition coefficient (Wildman–Crippen LogP) is 4.23. The molecule has 0 atom stereocenters. The van der Waals surface area contributed by atoms with Crippen LogP contribution in [0.5, 0.6) is 0 Å². The lowest BCUT2D eigenvalue weighted by atomic mass is 10.1. The van der Waals surface area contributed by atoms with Crippen LogP contribution in [0.3, 0.4) is 0 Å². The third kappa shape index (κ3) is 2.61. The van der Waals surface area contributed by atoms with E-state index >= 15 is 0 Å². The molecule has 0 amide bonds. The summed E-state index contributed by atoms with van der Waals surface area (Å²) < 4.78 is 15.7. The van der Waals surface area contributed by atoms with E-state index in [4.69, 9.17) is 0 Å². The molecule has 0 bridgehead atoms. The molecular weight excluding hydrogens is 333 g/mol. The SMILES string of the molecule is Cc1cn(-c2ncc(-c3ccccc3F)cn2)c2cc(C(=O)O)ccc12. The number of halogens is 1. The minimum atomic E-state index is -0.992. The van der Waals surface area contributed by atoms with Crippen LogP contribution in [0, 0.1) is 12.7 Å². The van der Waals surface area contributed by atoms with E-state index in [0.717, 1.165) is 10.9 Å². The van der Waals surface area contributed by atoms with Gasteiger partial charge in [-0.25, -0.2) is 19.2 Å². The van der Waals surface area contributed by atoms with Gasteiger partial charge < -0.3 is 5.11 Å². The number of rotatable bonds is 3. The maximum atomic E-state index is 13.9. The lowest BCUT2D eigenvalue weighted by Crippen LogP contribution is -2.01. The Hall–Kier alpha value is -3.54. The van der Waals surface area contributed by atoms with Crippen molar-refractivity contribution in [3.05, 3.63) is 78.0 Å². The zero-order chi connectivity index (χ0) is 18.3. The summed E-state index contributed by atoms with van der Waals surface area (Å²) in [5.74, 6) is -0.934. The molecule has 4 aromatic rings. The highest BCUT2D eigenvalue weighted by Gasteiger charge is 2.13. The van der Waals surface area contributed by atoms with Gasteiger partial charge in [0.1, 0.15) is 5.82 Å². The maximum Gasteiger partial charge on any atom is 0.335 e. The smallest absolute Gasteiger partial charge is 0.335 e. The van der Waals surface area contributed by atoms with Crippen LogP contribution in [0.4, 0.5) is 4.39 Å². The van der Waals surface area contributed by atoms with Gasteiger partial charge in [0.15, 0.2) is 0 Å². The van der Waals surface area contributed by atoms with E-state index in [2.05, 4.69) is 9.97 Å². The number of aromatic nitrogens is 3. The van der Waals surface area contributed by atoms with Crippen LogP contribution in [-0.4, -0.2) is 25.6 Å². The van der Waals surface area contributed by atoms with E-state index < -0.39 is 5.97 Å². The first-order chi connectivity index (χ1) is 12.5. The van der Waals surface area contributed by atoms with Gasteiger partial charge in [-0.3, -0.25) is 4.57 Å². The lowest BCUT2D eigenvalue weighted by molar-refractivity contribution is 0.0697. The highest BCUT2D eigenvalue weighted by Crippen LogP contribution is 2.26. The number of hydrogen-bond donors (Lipinski definition) is 1. The predicted molar refractivity (Wildman–Crippen MR) is 96.0 cm³/mol. The van der Waals surface area contributed by atoms with Gasteiger partial charge in [0.2, 0.25) is 5.95 Å². The van der Waals surface area contributed by atoms with Crippen LogP contribution in [0.25, 0.3) is 28.0 Å². The minimum absolute atomic E-state index is 0.194. The first-order valence-corrected chi connectivity index (χ1v) is 7.97. The molecule has 0 fully saturated rings. The van der Waals surface area contributed by atoms with Gasteiger partial charge in [0, 0.05) is 35.1 Å². The Bertz CT molecular complexity index is 1130. The van der Waals surface area contributed by atoms with Crippen LogP contribution >= 0.6 is 0 Å². The summed E-state index contributed by atoms with van der Waals surface area (Å²) in [5.41, 5.74) is 2.90. The number of carboxylic acid groups (broad SMARTS) is 1. The molecule has 5 nitrogen and oxygen atoms in total. The molecule has 2 aromatic heterocycles. The fourth-order valence-electron chi connectivity index (χ4n) is 2.98. The van der Waals surface area contributed by atoms with Crippen LogP contribution in [-0.2, 0) is 0 Å². The third-order valence-corrected chi connectivity index (χ3v) is 4.29. The zero-order valence-electron chi connectivity index (χ0n) is 13.8. The highest BCUT2D eigenvalue weighted by atomic mass is 19.1. The molecule has 26 heavy (non-hydrogen) atoms. The van der Waals surface area contributed by atoms with Gasteiger partial charge in [-0.1, -0.05) is 24.3 Å². The Balaban J connectivity index is 1.82. The standard InChI is InChI=1S/C20H14FN3O2/c1-12-11-24(18-8-13(19(25)26)6-7-15(12)18)20-22-9-14(10-23-20)16-4-2-3-5-17(16)21/h2-11H,1H3,(H,25,26). The molecule has 0 radical (unpaired) electrons. The molecule has 4 rings (SSSR count). The molecule has 0 aliphatic heterocycles. The van der Waals surface area contributed by atoms with E-state index in [1.165, 1.54) is 6.07 Å². The van der Waals surface area contributed by atoms with Gasteiger partial charge >= 0.3 is 5.97 Å². The Kier molecular flexibility index (Phi) is 3.73.